The van der Waals surface area contributed by atoms with Crippen LogP contribution in [0.25, 0.3) is 88.8 Å². The molecule has 9 aromatic rings. The number of nitrogens with zero attached hydrogens (tertiary/aromatic N) is 6. The summed E-state index contributed by atoms with van der Waals surface area (Å²) in [7, 11) is 0. The Hall–Kier alpha value is -7.88. The highest BCUT2D eigenvalue weighted by atomic mass is 19.4. The molecule has 9 heteroatoms. The molecule has 0 amide bonds. The molecular formula is C49H29F3N6. The number of hydrogen-bond acceptors (Lipinski definition) is 4. The first-order valence-electron chi connectivity index (χ1n) is 18.3. The smallest absolute Gasteiger partial charge is 0.308 e. The van der Waals surface area contributed by atoms with Crippen LogP contribution in [-0.2, 0) is 6.18 Å². The van der Waals surface area contributed by atoms with Crippen molar-refractivity contribution >= 4 is 27.5 Å². The van der Waals surface area contributed by atoms with Crippen LogP contribution < -0.4 is 0 Å². The maximum absolute atomic E-state index is 14.0. The van der Waals surface area contributed by atoms with E-state index in [1.807, 2.05) is 116 Å². The summed E-state index contributed by atoms with van der Waals surface area (Å²) < 4.78 is 44.0. The SMILES string of the molecule is [C-]#[N+]c1ccc2c(c1)c1cc(C#N)ccc1n2-c1c(-c2ccc(C)cc2)cc(-c2nc(-c3ccccc3)nc(-c3ccccc3)n2)cc1-c1ccc(C(F)(F)F)cc1. The van der Waals surface area contributed by atoms with Crippen molar-refractivity contribution in [3.63, 3.8) is 0 Å². The van der Waals surface area contributed by atoms with E-state index in [0.717, 1.165) is 61.8 Å². The largest absolute Gasteiger partial charge is 0.416 e. The van der Waals surface area contributed by atoms with Crippen molar-refractivity contribution in [3.8, 4) is 68.2 Å². The van der Waals surface area contributed by atoms with E-state index in [9.17, 15) is 18.4 Å². The second kappa shape index (κ2) is 14.3. The zero-order valence-corrected chi connectivity index (χ0v) is 30.8. The van der Waals surface area contributed by atoms with Crippen molar-refractivity contribution in [3.05, 3.63) is 186 Å². The number of rotatable bonds is 6. The third-order valence-corrected chi connectivity index (χ3v) is 10.2. The Morgan fingerprint density at radius 2 is 1.07 bits per heavy atom. The molecule has 6 nitrogen and oxygen atoms in total. The first-order valence-corrected chi connectivity index (χ1v) is 18.3. The molecule has 0 saturated heterocycles. The van der Waals surface area contributed by atoms with Crippen LogP contribution >= 0.6 is 0 Å². The van der Waals surface area contributed by atoms with Crippen LogP contribution in [0.15, 0.2) is 158 Å². The number of benzene rings is 7. The molecule has 0 N–H and O–H groups in total. The van der Waals surface area contributed by atoms with E-state index in [4.69, 9.17) is 21.5 Å². The predicted molar refractivity (Wildman–Crippen MR) is 222 cm³/mol. The molecule has 2 aromatic heterocycles. The molecule has 2 heterocycles. The van der Waals surface area contributed by atoms with Gasteiger partial charge in [0.1, 0.15) is 0 Å². The lowest BCUT2D eigenvalue weighted by atomic mass is 9.91. The molecule has 58 heavy (non-hydrogen) atoms. The molecule has 0 aliphatic carbocycles. The Kier molecular flexibility index (Phi) is 8.84. The molecular weight excluding hydrogens is 730 g/mol. The first kappa shape index (κ1) is 35.8. The van der Waals surface area contributed by atoms with E-state index >= 15 is 0 Å². The highest BCUT2D eigenvalue weighted by Gasteiger charge is 2.30. The van der Waals surface area contributed by atoms with Crippen molar-refractivity contribution in [2.45, 2.75) is 13.1 Å². The Balaban J connectivity index is 1.42. The summed E-state index contributed by atoms with van der Waals surface area (Å²) in [5.41, 5.74) is 8.32. The summed E-state index contributed by atoms with van der Waals surface area (Å²) in [5.74, 6) is 1.31. The Bertz CT molecular complexity index is 2970. The van der Waals surface area contributed by atoms with Gasteiger partial charge in [-0.1, -0.05) is 109 Å². The van der Waals surface area contributed by atoms with E-state index in [1.165, 1.54) is 12.1 Å². The fraction of sp³-hybridized carbons (Fsp3) is 0.0408. The first-order chi connectivity index (χ1) is 28.2. The van der Waals surface area contributed by atoms with Gasteiger partial charge in [-0.3, -0.25) is 0 Å². The molecule has 0 unspecified atom stereocenters. The minimum Gasteiger partial charge on any atom is -0.308 e. The number of aromatic nitrogens is 4. The summed E-state index contributed by atoms with van der Waals surface area (Å²) >= 11 is 0. The minimum absolute atomic E-state index is 0.378. The van der Waals surface area contributed by atoms with Gasteiger partial charge in [-0.2, -0.15) is 18.4 Å². The van der Waals surface area contributed by atoms with Crippen LogP contribution in [0.2, 0.25) is 0 Å². The highest BCUT2D eigenvalue weighted by Crippen LogP contribution is 2.45. The predicted octanol–water partition coefficient (Wildman–Crippen LogP) is 13.1. The quantitative estimate of drug-likeness (QED) is 0.158. The zero-order valence-electron chi connectivity index (χ0n) is 30.8. The standard InChI is InChI=1S/C49H29F3N6/c1-30-13-16-32(17-14-30)39-26-36(48-56-46(34-9-5-3-6-10-34)55-47(57-48)35-11-7-4-8-12-35)27-40(33-18-20-37(21-19-33)49(50,51)52)45(39)58-43-23-15-31(29-53)25-41(43)42-28-38(54-2)22-24-44(42)58/h3-28H,1H3. The molecule has 0 atom stereocenters. The van der Waals surface area contributed by atoms with Gasteiger partial charge in [-0.05, 0) is 78.0 Å². The molecule has 0 spiro atoms. The number of aryl methyl sites for hydroxylation is 1. The van der Waals surface area contributed by atoms with Crippen molar-refractivity contribution < 1.29 is 13.2 Å². The van der Waals surface area contributed by atoms with Crippen molar-refractivity contribution in [1.82, 2.24) is 19.5 Å². The third-order valence-electron chi connectivity index (χ3n) is 10.2. The van der Waals surface area contributed by atoms with E-state index in [0.29, 0.717) is 51.1 Å². The van der Waals surface area contributed by atoms with Gasteiger partial charge in [0.15, 0.2) is 23.2 Å². The lowest BCUT2D eigenvalue weighted by molar-refractivity contribution is -0.137. The van der Waals surface area contributed by atoms with Gasteiger partial charge in [0.2, 0.25) is 0 Å². The Morgan fingerprint density at radius 3 is 1.59 bits per heavy atom. The van der Waals surface area contributed by atoms with Crippen molar-refractivity contribution in [1.29, 1.82) is 5.26 Å². The van der Waals surface area contributed by atoms with E-state index in [2.05, 4.69) is 15.5 Å². The molecule has 0 aliphatic heterocycles. The van der Waals surface area contributed by atoms with Gasteiger partial charge in [0.25, 0.3) is 0 Å². The van der Waals surface area contributed by atoms with Crippen LogP contribution in [0, 0.1) is 24.8 Å². The second-order valence-corrected chi connectivity index (χ2v) is 13.9. The maximum Gasteiger partial charge on any atom is 0.416 e. The van der Waals surface area contributed by atoms with E-state index in [-0.39, 0.29) is 0 Å². The Labute approximate surface area is 331 Å². The van der Waals surface area contributed by atoms with Gasteiger partial charge in [-0.25, -0.2) is 19.8 Å². The number of nitriles is 1. The van der Waals surface area contributed by atoms with Gasteiger partial charge in [0.05, 0.1) is 40.5 Å². The Morgan fingerprint density at radius 1 is 0.569 bits per heavy atom. The average Bonchev–Trinajstić information content (AvgIpc) is 3.58. The number of fused-ring (bicyclic) bond motifs is 3. The summed E-state index contributed by atoms with van der Waals surface area (Å²) in [5, 5.41) is 11.4. The summed E-state index contributed by atoms with van der Waals surface area (Å²) in [4.78, 5) is 18.6. The monoisotopic (exact) mass is 758 g/mol. The normalized spacial score (nSPS) is 11.4. The van der Waals surface area contributed by atoms with Crippen LogP contribution in [0.3, 0.4) is 0 Å². The fourth-order valence-corrected chi connectivity index (χ4v) is 7.35. The molecule has 0 bridgehead atoms. The number of alkyl halides is 3. The van der Waals surface area contributed by atoms with Gasteiger partial charge in [-0.15, -0.1) is 0 Å². The molecule has 0 radical (unpaired) electrons. The van der Waals surface area contributed by atoms with Crippen LogP contribution in [0.1, 0.15) is 16.7 Å². The number of halogens is 3. The molecule has 276 valence electrons. The molecule has 0 fully saturated rings. The molecule has 7 aromatic carbocycles. The van der Waals surface area contributed by atoms with Crippen LogP contribution in [0.4, 0.5) is 18.9 Å². The summed E-state index contributed by atoms with van der Waals surface area (Å²) in [6.45, 7) is 9.77. The number of hydrogen-bond donors (Lipinski definition) is 0. The van der Waals surface area contributed by atoms with Crippen LogP contribution in [0.5, 0.6) is 0 Å². The topological polar surface area (TPSA) is 71.8 Å². The van der Waals surface area contributed by atoms with Crippen molar-refractivity contribution in [2.75, 3.05) is 0 Å². The van der Waals surface area contributed by atoms with Gasteiger partial charge in [0, 0.05) is 33.2 Å². The second-order valence-electron chi connectivity index (χ2n) is 13.9. The van der Waals surface area contributed by atoms with Crippen molar-refractivity contribution in [2.24, 2.45) is 0 Å². The maximum atomic E-state index is 14.0. The molecule has 0 aliphatic rings. The lowest BCUT2D eigenvalue weighted by Crippen LogP contribution is -2.05. The van der Waals surface area contributed by atoms with Crippen LogP contribution in [-0.4, -0.2) is 19.5 Å². The zero-order chi connectivity index (χ0) is 40.0. The lowest BCUT2D eigenvalue weighted by Gasteiger charge is -2.21. The van der Waals surface area contributed by atoms with E-state index < -0.39 is 11.7 Å². The minimum atomic E-state index is -4.53. The third kappa shape index (κ3) is 6.51. The molecule has 0 saturated carbocycles. The summed E-state index contributed by atoms with van der Waals surface area (Å²) in [6.07, 6.45) is -4.53. The highest BCUT2D eigenvalue weighted by molar-refractivity contribution is 6.12. The average molecular weight is 759 g/mol. The molecule has 9 rings (SSSR count). The van der Waals surface area contributed by atoms with Gasteiger partial charge < -0.3 is 4.57 Å². The summed E-state index contributed by atoms with van der Waals surface area (Å²) in [6, 6.07) is 49.5. The van der Waals surface area contributed by atoms with E-state index in [1.54, 1.807) is 24.3 Å². The fourth-order valence-electron chi connectivity index (χ4n) is 7.35. The van der Waals surface area contributed by atoms with Gasteiger partial charge >= 0.3 is 6.18 Å².